The summed E-state index contributed by atoms with van der Waals surface area (Å²) < 4.78 is 42.4. The van der Waals surface area contributed by atoms with Crippen LogP contribution < -0.4 is 14.8 Å². The summed E-state index contributed by atoms with van der Waals surface area (Å²) in [5, 5.41) is 2.56. The van der Waals surface area contributed by atoms with Crippen LogP contribution in [-0.4, -0.2) is 58.5 Å². The molecule has 1 amide bonds. The number of carbonyl (C=O) groups excluding carboxylic acids is 2. The van der Waals surface area contributed by atoms with E-state index in [-0.39, 0.29) is 21.9 Å². The molecule has 0 unspecified atom stereocenters. The fraction of sp³-hybridized carbons (Fsp3) is 0.364. The van der Waals surface area contributed by atoms with E-state index in [2.05, 4.69) is 5.32 Å². The van der Waals surface area contributed by atoms with Crippen molar-refractivity contribution in [3.63, 3.8) is 0 Å². The van der Waals surface area contributed by atoms with Crippen molar-refractivity contribution in [2.75, 3.05) is 39.2 Å². The van der Waals surface area contributed by atoms with E-state index in [1.54, 1.807) is 39.0 Å². The highest BCUT2D eigenvalue weighted by atomic mass is 32.2. The minimum Gasteiger partial charge on any atom is -0.497 e. The summed E-state index contributed by atoms with van der Waals surface area (Å²) >= 11 is 0. The maximum absolute atomic E-state index is 12.9. The Labute approximate surface area is 188 Å². The molecule has 32 heavy (non-hydrogen) atoms. The van der Waals surface area contributed by atoms with E-state index in [0.717, 1.165) is 0 Å². The third-order valence-corrected chi connectivity index (χ3v) is 6.95. The van der Waals surface area contributed by atoms with E-state index in [4.69, 9.17) is 14.2 Å². The average Bonchev–Trinajstić information content (AvgIpc) is 2.78. The van der Waals surface area contributed by atoms with Crippen LogP contribution in [0.15, 0.2) is 41.3 Å². The van der Waals surface area contributed by atoms with Gasteiger partial charge in [0.05, 0.1) is 19.1 Å². The van der Waals surface area contributed by atoms with Crippen LogP contribution in [-0.2, 0) is 19.6 Å². The Balaban J connectivity index is 2.10. The third-order valence-electron chi connectivity index (χ3n) is 4.76. The number of aryl methyl sites for hydroxylation is 1. The molecule has 0 radical (unpaired) electrons. The lowest BCUT2D eigenvalue weighted by molar-refractivity contribution is -0.119. The number of methoxy groups -OCH3 is 2. The van der Waals surface area contributed by atoms with Crippen molar-refractivity contribution in [3.05, 3.63) is 47.5 Å². The standard InChI is InChI=1S/C22H28N2O7S/c1-6-24(7-2)32(27,28)20-12-16(9-8-15(20)3)23-21(25)14-31-22(26)18-11-10-17(29-4)13-19(18)30-5/h8-13H,6-7,14H2,1-5H3,(H,23,25). The predicted octanol–water partition coefficient (Wildman–Crippen LogP) is 2.84. The lowest BCUT2D eigenvalue weighted by Gasteiger charge is -2.20. The lowest BCUT2D eigenvalue weighted by Crippen LogP contribution is -2.31. The van der Waals surface area contributed by atoms with E-state index in [1.807, 2.05) is 0 Å². The monoisotopic (exact) mass is 464 g/mol. The SMILES string of the molecule is CCN(CC)S(=O)(=O)c1cc(NC(=O)COC(=O)c2ccc(OC)cc2OC)ccc1C. The second kappa shape index (κ2) is 11.0. The van der Waals surface area contributed by atoms with E-state index in [9.17, 15) is 18.0 Å². The van der Waals surface area contributed by atoms with E-state index in [1.165, 1.54) is 36.7 Å². The zero-order chi connectivity index (χ0) is 23.9. The first-order valence-electron chi connectivity index (χ1n) is 9.97. The normalized spacial score (nSPS) is 11.2. The van der Waals surface area contributed by atoms with Gasteiger partial charge in [-0.1, -0.05) is 19.9 Å². The Bertz CT molecular complexity index is 1080. The van der Waals surface area contributed by atoms with Gasteiger partial charge in [-0.15, -0.1) is 0 Å². The zero-order valence-electron chi connectivity index (χ0n) is 18.8. The van der Waals surface area contributed by atoms with Gasteiger partial charge in [0.2, 0.25) is 10.0 Å². The Morgan fingerprint density at radius 1 is 1.00 bits per heavy atom. The van der Waals surface area contributed by atoms with E-state index >= 15 is 0 Å². The quantitative estimate of drug-likeness (QED) is 0.538. The summed E-state index contributed by atoms with van der Waals surface area (Å²) in [6.45, 7) is 5.31. The summed E-state index contributed by atoms with van der Waals surface area (Å²) in [6.07, 6.45) is 0. The van der Waals surface area contributed by atoms with Crippen LogP contribution in [0.2, 0.25) is 0 Å². The summed E-state index contributed by atoms with van der Waals surface area (Å²) in [5.41, 5.74) is 0.987. The molecule has 0 aliphatic heterocycles. The van der Waals surface area contributed by atoms with Crippen LogP contribution in [0.25, 0.3) is 0 Å². The predicted molar refractivity (Wildman–Crippen MR) is 120 cm³/mol. The molecule has 0 atom stereocenters. The number of benzene rings is 2. The van der Waals surface area contributed by atoms with Gasteiger partial charge in [-0.25, -0.2) is 13.2 Å². The Kier molecular flexibility index (Phi) is 8.62. The van der Waals surface area contributed by atoms with Gasteiger partial charge in [0, 0.05) is 24.8 Å². The molecule has 2 aromatic rings. The number of esters is 1. The van der Waals surface area contributed by atoms with Crippen LogP contribution in [0.1, 0.15) is 29.8 Å². The van der Waals surface area contributed by atoms with Gasteiger partial charge in [-0.2, -0.15) is 4.31 Å². The molecule has 0 bridgehead atoms. The topological polar surface area (TPSA) is 111 Å². The molecule has 0 saturated heterocycles. The second-order valence-electron chi connectivity index (χ2n) is 6.76. The molecule has 0 aliphatic carbocycles. The van der Waals surface area contributed by atoms with Gasteiger partial charge in [-0.3, -0.25) is 4.79 Å². The first-order valence-corrected chi connectivity index (χ1v) is 11.4. The number of hydrogen-bond acceptors (Lipinski definition) is 7. The number of sulfonamides is 1. The summed E-state index contributed by atoms with van der Waals surface area (Å²) in [4.78, 5) is 24.8. The number of rotatable bonds is 10. The van der Waals surface area contributed by atoms with Crippen molar-refractivity contribution in [2.24, 2.45) is 0 Å². The van der Waals surface area contributed by atoms with Crippen LogP contribution in [0, 0.1) is 6.92 Å². The number of anilines is 1. The van der Waals surface area contributed by atoms with Crippen molar-refractivity contribution in [1.82, 2.24) is 4.31 Å². The maximum atomic E-state index is 12.9. The Morgan fingerprint density at radius 2 is 1.69 bits per heavy atom. The number of nitrogens with zero attached hydrogens (tertiary/aromatic N) is 1. The van der Waals surface area contributed by atoms with Crippen molar-refractivity contribution in [2.45, 2.75) is 25.7 Å². The van der Waals surface area contributed by atoms with Crippen molar-refractivity contribution in [1.29, 1.82) is 0 Å². The van der Waals surface area contributed by atoms with Gasteiger partial charge in [0.15, 0.2) is 6.61 Å². The molecule has 10 heteroatoms. The van der Waals surface area contributed by atoms with Crippen molar-refractivity contribution < 1.29 is 32.2 Å². The summed E-state index contributed by atoms with van der Waals surface area (Å²) in [5.74, 6) is -0.597. The molecule has 9 nitrogen and oxygen atoms in total. The highest BCUT2D eigenvalue weighted by molar-refractivity contribution is 7.89. The van der Waals surface area contributed by atoms with Gasteiger partial charge in [0.25, 0.3) is 5.91 Å². The fourth-order valence-corrected chi connectivity index (χ4v) is 4.74. The lowest BCUT2D eigenvalue weighted by atomic mass is 10.2. The Morgan fingerprint density at radius 3 is 2.28 bits per heavy atom. The highest BCUT2D eigenvalue weighted by Gasteiger charge is 2.24. The van der Waals surface area contributed by atoms with Crippen LogP contribution >= 0.6 is 0 Å². The summed E-state index contributed by atoms with van der Waals surface area (Å²) in [7, 11) is -0.804. The van der Waals surface area contributed by atoms with E-state index in [0.29, 0.717) is 24.4 Å². The maximum Gasteiger partial charge on any atom is 0.342 e. The first kappa shape index (κ1) is 25.2. The van der Waals surface area contributed by atoms with E-state index < -0.39 is 28.5 Å². The van der Waals surface area contributed by atoms with Gasteiger partial charge in [-0.05, 0) is 36.8 Å². The molecule has 0 fully saturated rings. The summed E-state index contributed by atoms with van der Waals surface area (Å²) in [6, 6.07) is 9.17. The first-order chi connectivity index (χ1) is 15.2. The van der Waals surface area contributed by atoms with Gasteiger partial charge < -0.3 is 19.5 Å². The molecule has 0 aromatic heterocycles. The van der Waals surface area contributed by atoms with Crippen molar-refractivity contribution in [3.8, 4) is 11.5 Å². The molecule has 0 saturated carbocycles. The fourth-order valence-electron chi connectivity index (χ4n) is 3.03. The smallest absolute Gasteiger partial charge is 0.342 e. The molecule has 0 heterocycles. The van der Waals surface area contributed by atoms with Crippen LogP contribution in [0.4, 0.5) is 5.69 Å². The Hall–Kier alpha value is -3.11. The van der Waals surface area contributed by atoms with Crippen LogP contribution in [0.3, 0.4) is 0 Å². The third kappa shape index (κ3) is 5.77. The molecule has 0 spiro atoms. The highest BCUT2D eigenvalue weighted by Crippen LogP contribution is 2.26. The minimum atomic E-state index is -3.69. The number of ether oxygens (including phenoxy) is 3. The number of carbonyl (C=O) groups is 2. The molecular weight excluding hydrogens is 436 g/mol. The molecule has 2 aromatic carbocycles. The molecule has 2 rings (SSSR count). The second-order valence-corrected chi connectivity index (χ2v) is 8.67. The van der Waals surface area contributed by atoms with Gasteiger partial charge >= 0.3 is 5.97 Å². The zero-order valence-corrected chi connectivity index (χ0v) is 19.6. The average molecular weight is 465 g/mol. The van der Waals surface area contributed by atoms with Crippen molar-refractivity contribution >= 4 is 27.6 Å². The minimum absolute atomic E-state index is 0.110. The molecule has 0 aliphatic rings. The number of hydrogen-bond donors (Lipinski definition) is 1. The molecular formula is C22H28N2O7S. The number of amides is 1. The molecule has 1 N–H and O–H groups in total. The van der Waals surface area contributed by atoms with Gasteiger partial charge in [0.1, 0.15) is 17.1 Å². The van der Waals surface area contributed by atoms with Crippen LogP contribution in [0.5, 0.6) is 11.5 Å². The number of nitrogens with one attached hydrogen (secondary N) is 1. The molecule has 174 valence electrons. The largest absolute Gasteiger partial charge is 0.497 e.